The third-order valence-electron chi connectivity index (χ3n) is 11.7. The minimum absolute atomic E-state index is 0.171. The van der Waals surface area contributed by atoms with Crippen molar-refractivity contribution in [2.45, 2.75) is 117 Å². The molecule has 0 aromatic rings. The monoisotopic (exact) mass is 472 g/mol. The molecule has 192 valence electrons. The Morgan fingerprint density at radius 2 is 1.59 bits per heavy atom. The lowest BCUT2D eigenvalue weighted by atomic mass is 9.42. The zero-order valence-electron chi connectivity index (χ0n) is 22.5. The molecule has 4 nitrogen and oxygen atoms in total. The summed E-state index contributed by atoms with van der Waals surface area (Å²) < 4.78 is 26.2. The molecule has 4 aliphatic carbocycles. The van der Waals surface area contributed by atoms with E-state index in [0.29, 0.717) is 23.2 Å². The highest BCUT2D eigenvalue weighted by Gasteiger charge is 2.69. The first-order valence-corrected chi connectivity index (χ1v) is 14.4. The van der Waals surface area contributed by atoms with Gasteiger partial charge in [-0.25, -0.2) is 0 Å². The highest BCUT2D eigenvalue weighted by molar-refractivity contribution is 5.16. The molecule has 4 unspecified atom stereocenters. The van der Waals surface area contributed by atoms with Crippen LogP contribution in [0.2, 0.25) is 0 Å². The van der Waals surface area contributed by atoms with Crippen molar-refractivity contribution < 1.29 is 18.9 Å². The minimum Gasteiger partial charge on any atom is -0.347 e. The molecule has 34 heavy (non-hydrogen) atoms. The second-order valence-electron chi connectivity index (χ2n) is 13.7. The molecule has 0 bridgehead atoms. The first-order chi connectivity index (χ1) is 16.1. The van der Waals surface area contributed by atoms with E-state index in [4.69, 9.17) is 18.9 Å². The van der Waals surface area contributed by atoms with E-state index in [2.05, 4.69) is 53.7 Å². The summed E-state index contributed by atoms with van der Waals surface area (Å²) in [6.07, 6.45) is 15.1. The van der Waals surface area contributed by atoms with Crippen molar-refractivity contribution in [2.24, 2.45) is 46.3 Å². The summed E-state index contributed by atoms with van der Waals surface area (Å²) in [7, 11) is 0. The van der Waals surface area contributed by atoms with Gasteiger partial charge < -0.3 is 18.9 Å². The maximum Gasteiger partial charge on any atom is 0.172 e. The summed E-state index contributed by atoms with van der Waals surface area (Å²) in [4.78, 5) is 0. The van der Waals surface area contributed by atoms with Gasteiger partial charge in [-0.05, 0) is 99.2 Å². The summed E-state index contributed by atoms with van der Waals surface area (Å²) >= 11 is 0. The van der Waals surface area contributed by atoms with Gasteiger partial charge in [0.1, 0.15) is 0 Å². The molecular weight excluding hydrogens is 424 g/mol. The smallest absolute Gasteiger partial charge is 0.172 e. The van der Waals surface area contributed by atoms with Gasteiger partial charge in [0.2, 0.25) is 0 Å². The summed E-state index contributed by atoms with van der Waals surface area (Å²) in [6, 6.07) is 0. The fourth-order valence-corrected chi connectivity index (χ4v) is 10.5. The second-order valence-corrected chi connectivity index (χ2v) is 13.7. The largest absolute Gasteiger partial charge is 0.347 e. The van der Waals surface area contributed by atoms with E-state index in [1.807, 2.05) is 0 Å². The number of ether oxygens (including phenoxy) is 4. The maximum absolute atomic E-state index is 6.64. The van der Waals surface area contributed by atoms with Gasteiger partial charge in [-0.15, -0.1) is 0 Å². The normalized spacial score (nSPS) is 51.8. The molecule has 0 radical (unpaired) electrons. The third-order valence-corrected chi connectivity index (χ3v) is 11.7. The highest BCUT2D eigenvalue weighted by Crippen LogP contribution is 2.71. The van der Waals surface area contributed by atoms with Crippen molar-refractivity contribution in [1.82, 2.24) is 0 Å². The average molecular weight is 473 g/mol. The van der Waals surface area contributed by atoms with Gasteiger partial charge in [0.25, 0.3) is 0 Å². The number of rotatable bonds is 3. The third kappa shape index (κ3) is 3.37. The molecule has 6 rings (SSSR count). The molecule has 2 heterocycles. The maximum atomic E-state index is 6.64. The van der Waals surface area contributed by atoms with Gasteiger partial charge >= 0.3 is 0 Å². The van der Waals surface area contributed by atoms with E-state index in [-0.39, 0.29) is 17.6 Å². The Kier molecular flexibility index (Phi) is 5.66. The fraction of sp³-hybridized carbons (Fsp3) is 0.933. The van der Waals surface area contributed by atoms with Crippen LogP contribution in [-0.4, -0.2) is 37.0 Å². The molecule has 2 saturated heterocycles. The molecule has 0 aromatic carbocycles. The van der Waals surface area contributed by atoms with Crippen LogP contribution in [0.1, 0.15) is 92.9 Å². The van der Waals surface area contributed by atoms with Crippen LogP contribution in [-0.2, 0) is 18.9 Å². The van der Waals surface area contributed by atoms with E-state index in [0.717, 1.165) is 56.7 Å². The molecule has 1 spiro atoms. The number of fused-ring (bicyclic) bond motifs is 7. The molecule has 10 atom stereocenters. The van der Waals surface area contributed by atoms with Crippen molar-refractivity contribution >= 4 is 0 Å². The molecular formula is C30H48O4. The van der Waals surface area contributed by atoms with Crippen molar-refractivity contribution in [1.29, 1.82) is 0 Å². The number of allylic oxidation sites excluding steroid dienone is 2. The highest BCUT2D eigenvalue weighted by atomic mass is 16.8. The van der Waals surface area contributed by atoms with Gasteiger partial charge in [-0.3, -0.25) is 0 Å². The van der Waals surface area contributed by atoms with Gasteiger partial charge in [0.05, 0.1) is 25.4 Å². The Balaban J connectivity index is 1.34. The molecule has 0 amide bonds. The van der Waals surface area contributed by atoms with Gasteiger partial charge in [0.15, 0.2) is 11.6 Å². The van der Waals surface area contributed by atoms with Crippen molar-refractivity contribution in [2.75, 3.05) is 13.2 Å². The van der Waals surface area contributed by atoms with Gasteiger partial charge in [-0.1, -0.05) is 39.8 Å². The van der Waals surface area contributed by atoms with Crippen LogP contribution < -0.4 is 0 Å². The fourth-order valence-electron chi connectivity index (χ4n) is 10.5. The van der Waals surface area contributed by atoms with E-state index >= 15 is 0 Å². The summed E-state index contributed by atoms with van der Waals surface area (Å²) in [5.74, 6) is 3.20. The van der Waals surface area contributed by atoms with Gasteiger partial charge in [0, 0.05) is 12.3 Å². The molecule has 6 aliphatic rings. The summed E-state index contributed by atoms with van der Waals surface area (Å²) in [6.45, 7) is 15.6. The van der Waals surface area contributed by atoms with Crippen LogP contribution in [0.3, 0.4) is 0 Å². The lowest BCUT2D eigenvalue weighted by Gasteiger charge is -2.65. The lowest BCUT2D eigenvalue weighted by molar-refractivity contribution is -0.300. The van der Waals surface area contributed by atoms with E-state index < -0.39 is 11.6 Å². The molecule has 6 fully saturated rings. The predicted octanol–water partition coefficient (Wildman–Crippen LogP) is 6.73. The van der Waals surface area contributed by atoms with Crippen molar-refractivity contribution in [3.8, 4) is 0 Å². The zero-order valence-corrected chi connectivity index (χ0v) is 22.5. The molecule has 2 aliphatic heterocycles. The first-order valence-electron chi connectivity index (χ1n) is 14.4. The number of hydrogen-bond donors (Lipinski definition) is 0. The standard InChI is InChI=1S/C30H48O4/c1-7-8-9-19(2)21-10-11-22-20-17-30(31-14-15-32-30)26-16-24-25(34-27(3,4)33-24)18-29(26,6)23(20)12-13-28(21,22)5/h8-9,19-26H,7,10-18H2,1-6H3/b9-8-/t19-,20?,21-,22?,23?,24?,25-,26+,28-,29-/m1/s1. The molecule has 0 aromatic heterocycles. The Morgan fingerprint density at radius 1 is 0.882 bits per heavy atom. The predicted molar refractivity (Wildman–Crippen MR) is 133 cm³/mol. The Bertz CT molecular complexity index is 815. The van der Waals surface area contributed by atoms with E-state index in [9.17, 15) is 0 Å². The average Bonchev–Trinajstić information content (AvgIpc) is 3.45. The Morgan fingerprint density at radius 3 is 2.32 bits per heavy atom. The van der Waals surface area contributed by atoms with Crippen LogP contribution in [0.4, 0.5) is 0 Å². The Labute approximate surface area is 207 Å². The minimum atomic E-state index is -0.477. The lowest BCUT2D eigenvalue weighted by Crippen LogP contribution is -2.65. The van der Waals surface area contributed by atoms with Crippen LogP contribution in [0.5, 0.6) is 0 Å². The van der Waals surface area contributed by atoms with Gasteiger partial charge in [-0.2, -0.15) is 0 Å². The van der Waals surface area contributed by atoms with Crippen molar-refractivity contribution in [3.63, 3.8) is 0 Å². The SMILES string of the molecule is CC/C=C\[C@@H](C)[C@H]1CCC2C3CC4(OCCO4)[C@H]4CC5OC(C)(C)O[C@@H]5C[C@]4(C)C3CC[C@@]21C. The molecule has 0 N–H and O–H groups in total. The molecule has 4 heteroatoms. The van der Waals surface area contributed by atoms with E-state index in [1.54, 1.807) is 0 Å². The Hall–Kier alpha value is -0.420. The second kappa shape index (κ2) is 8.04. The quantitative estimate of drug-likeness (QED) is 0.427. The van der Waals surface area contributed by atoms with Crippen LogP contribution in [0.25, 0.3) is 0 Å². The van der Waals surface area contributed by atoms with Crippen LogP contribution in [0, 0.1) is 46.3 Å². The van der Waals surface area contributed by atoms with Crippen LogP contribution >= 0.6 is 0 Å². The topological polar surface area (TPSA) is 36.9 Å². The van der Waals surface area contributed by atoms with Crippen LogP contribution in [0.15, 0.2) is 12.2 Å². The first kappa shape index (κ1) is 23.9. The summed E-state index contributed by atoms with van der Waals surface area (Å²) in [5, 5.41) is 0. The molecule has 4 saturated carbocycles. The number of hydrogen-bond acceptors (Lipinski definition) is 4. The van der Waals surface area contributed by atoms with Crippen molar-refractivity contribution in [3.05, 3.63) is 12.2 Å². The summed E-state index contributed by atoms with van der Waals surface area (Å²) in [5.41, 5.74) is 0.624. The van der Waals surface area contributed by atoms with E-state index in [1.165, 1.54) is 25.7 Å². The zero-order chi connectivity index (χ0) is 23.9.